The van der Waals surface area contributed by atoms with Crippen molar-refractivity contribution in [2.45, 2.75) is 57.5 Å². The number of rotatable bonds is 9. The van der Waals surface area contributed by atoms with Crippen LogP contribution in [0.15, 0.2) is 48.5 Å². The molecule has 1 saturated heterocycles. The summed E-state index contributed by atoms with van der Waals surface area (Å²) in [7, 11) is 1.38. The van der Waals surface area contributed by atoms with Gasteiger partial charge in [-0.1, -0.05) is 24.3 Å². The molecule has 9 heteroatoms. The molecule has 2 aliphatic rings. The Morgan fingerprint density at radius 3 is 2.66 bits per heavy atom. The molecular formula is C32H35FO8. The van der Waals surface area contributed by atoms with E-state index in [-0.39, 0.29) is 43.7 Å². The summed E-state index contributed by atoms with van der Waals surface area (Å²) >= 11 is 0. The highest BCUT2D eigenvalue weighted by molar-refractivity contribution is 5.73. The molecule has 3 aromatic carbocycles. The lowest BCUT2D eigenvalue weighted by atomic mass is 9.94. The molecule has 0 spiro atoms. The summed E-state index contributed by atoms with van der Waals surface area (Å²) in [4.78, 5) is 11.7. The van der Waals surface area contributed by atoms with Crippen LogP contribution in [0.5, 0.6) is 17.2 Å². The summed E-state index contributed by atoms with van der Waals surface area (Å²) in [6, 6.07) is 15.1. The highest BCUT2D eigenvalue weighted by Gasteiger charge is 2.29. The zero-order chi connectivity index (χ0) is 29.1. The van der Waals surface area contributed by atoms with Crippen LogP contribution in [0.2, 0.25) is 0 Å². The predicted octanol–water partition coefficient (Wildman–Crippen LogP) is 4.62. The number of methoxy groups -OCH3 is 1. The van der Waals surface area contributed by atoms with E-state index in [9.17, 15) is 15.0 Å². The number of aryl methyl sites for hydroxylation is 1. The summed E-state index contributed by atoms with van der Waals surface area (Å²) < 4.78 is 43.2. The van der Waals surface area contributed by atoms with E-state index in [1.807, 2.05) is 49.4 Å². The summed E-state index contributed by atoms with van der Waals surface area (Å²) in [5.74, 6) is 0.729. The van der Waals surface area contributed by atoms with E-state index in [4.69, 9.17) is 23.7 Å². The molecule has 0 saturated carbocycles. The van der Waals surface area contributed by atoms with Crippen LogP contribution < -0.4 is 14.2 Å². The molecule has 0 aromatic heterocycles. The lowest BCUT2D eigenvalue weighted by molar-refractivity contribution is -0.141. The molecular weight excluding hydrogens is 531 g/mol. The summed E-state index contributed by atoms with van der Waals surface area (Å²) in [6.45, 7) is 4.46. The van der Waals surface area contributed by atoms with Crippen LogP contribution in [0.3, 0.4) is 0 Å². The van der Waals surface area contributed by atoms with Gasteiger partial charge in [-0.2, -0.15) is 0 Å². The molecule has 3 aromatic rings. The maximum Gasteiger partial charge on any atom is 0.306 e. The molecule has 41 heavy (non-hydrogen) atoms. The smallest absolute Gasteiger partial charge is 0.306 e. The first-order valence-electron chi connectivity index (χ1n) is 13.7. The molecule has 218 valence electrons. The van der Waals surface area contributed by atoms with Crippen molar-refractivity contribution >= 4 is 5.97 Å². The minimum atomic E-state index is -0.914. The fourth-order valence-electron chi connectivity index (χ4n) is 5.39. The third kappa shape index (κ3) is 6.48. The van der Waals surface area contributed by atoms with Crippen LogP contribution in [-0.2, 0) is 20.9 Å². The van der Waals surface area contributed by atoms with E-state index in [1.54, 1.807) is 13.0 Å². The van der Waals surface area contributed by atoms with E-state index in [0.29, 0.717) is 30.3 Å². The Hall–Kier alpha value is -3.66. The standard InChI is InChI=1S/C32H35FO8/c1-18-9-29(41-16-24-12-26(34)27(35)17-39-24)32(33)19(2)31(18)21-6-4-5-20(10-21)14-38-23-7-8-25-22(11-30(36)37-3)15-40-28(25)13-23/h4-10,13,22,24,26-27,34-35H,11-12,14-17H2,1-3H3/t22-,24+,26+,27-/m1/s1. The average molecular weight is 567 g/mol. The van der Waals surface area contributed by atoms with Gasteiger partial charge in [0.15, 0.2) is 11.6 Å². The SMILES string of the molecule is COC(=O)C[C@@H]1COc2cc(OCc3cccc(-c4c(C)cc(OC[C@@H]5C[C@H](O)[C@H](O)CO5)c(F)c4C)c3)ccc21. The Morgan fingerprint density at radius 1 is 1.05 bits per heavy atom. The molecule has 0 bridgehead atoms. The number of hydrogen-bond acceptors (Lipinski definition) is 8. The number of aliphatic hydroxyl groups is 2. The van der Waals surface area contributed by atoms with Crippen molar-refractivity contribution in [3.63, 3.8) is 0 Å². The van der Waals surface area contributed by atoms with Gasteiger partial charge in [0, 0.05) is 24.0 Å². The van der Waals surface area contributed by atoms with Crippen molar-refractivity contribution in [1.82, 2.24) is 0 Å². The second kappa shape index (κ2) is 12.5. The third-order valence-corrected chi connectivity index (χ3v) is 7.67. The Labute approximate surface area is 238 Å². The Bertz CT molecular complexity index is 1410. The summed E-state index contributed by atoms with van der Waals surface area (Å²) in [5, 5.41) is 19.5. The van der Waals surface area contributed by atoms with Gasteiger partial charge in [-0.05, 0) is 59.9 Å². The molecule has 0 amide bonds. The van der Waals surface area contributed by atoms with Crippen molar-refractivity contribution in [3.8, 4) is 28.4 Å². The van der Waals surface area contributed by atoms with E-state index in [2.05, 4.69) is 0 Å². The lowest BCUT2D eigenvalue weighted by Gasteiger charge is -2.30. The number of fused-ring (bicyclic) bond motifs is 1. The minimum absolute atomic E-state index is 0.0203. The molecule has 2 aliphatic heterocycles. The molecule has 1 fully saturated rings. The molecule has 0 aliphatic carbocycles. The van der Waals surface area contributed by atoms with Gasteiger partial charge < -0.3 is 33.9 Å². The largest absolute Gasteiger partial charge is 0.492 e. The number of carbonyl (C=O) groups is 1. The van der Waals surface area contributed by atoms with E-state index < -0.39 is 24.1 Å². The van der Waals surface area contributed by atoms with Gasteiger partial charge in [0.05, 0.1) is 39.0 Å². The predicted molar refractivity (Wildman–Crippen MR) is 149 cm³/mol. The van der Waals surface area contributed by atoms with E-state index >= 15 is 4.39 Å². The number of benzene rings is 3. The zero-order valence-corrected chi connectivity index (χ0v) is 23.4. The molecule has 0 unspecified atom stereocenters. The van der Waals surface area contributed by atoms with Crippen molar-refractivity contribution in [1.29, 1.82) is 0 Å². The second-order valence-corrected chi connectivity index (χ2v) is 10.6. The highest BCUT2D eigenvalue weighted by atomic mass is 19.1. The van der Waals surface area contributed by atoms with Gasteiger partial charge in [-0.25, -0.2) is 4.39 Å². The lowest BCUT2D eigenvalue weighted by Crippen LogP contribution is -2.43. The number of esters is 1. The molecule has 8 nitrogen and oxygen atoms in total. The molecule has 5 rings (SSSR count). The summed E-state index contributed by atoms with van der Waals surface area (Å²) in [6.07, 6.45) is -1.73. The molecule has 2 N–H and O–H groups in total. The normalized spacial score (nSPS) is 21.6. The zero-order valence-electron chi connectivity index (χ0n) is 23.4. The maximum atomic E-state index is 15.4. The fourth-order valence-corrected chi connectivity index (χ4v) is 5.39. The van der Waals surface area contributed by atoms with Crippen LogP contribution in [0.25, 0.3) is 11.1 Å². The number of hydrogen-bond donors (Lipinski definition) is 2. The minimum Gasteiger partial charge on any atom is -0.492 e. The van der Waals surface area contributed by atoms with E-state index in [0.717, 1.165) is 27.8 Å². The van der Waals surface area contributed by atoms with Crippen LogP contribution >= 0.6 is 0 Å². The molecule has 0 radical (unpaired) electrons. The van der Waals surface area contributed by atoms with Crippen LogP contribution in [0, 0.1) is 19.7 Å². The fraction of sp³-hybridized carbons (Fsp3) is 0.406. The van der Waals surface area contributed by atoms with E-state index in [1.165, 1.54) is 7.11 Å². The Morgan fingerprint density at radius 2 is 1.88 bits per heavy atom. The Balaban J connectivity index is 1.25. The van der Waals surface area contributed by atoms with Crippen molar-refractivity contribution < 1.29 is 43.1 Å². The molecule has 4 atom stereocenters. The van der Waals surface area contributed by atoms with Gasteiger partial charge in [0.1, 0.15) is 30.8 Å². The number of aliphatic hydroxyl groups excluding tert-OH is 2. The van der Waals surface area contributed by atoms with Crippen molar-refractivity contribution in [3.05, 3.63) is 76.6 Å². The van der Waals surface area contributed by atoms with Crippen LogP contribution in [-0.4, -0.2) is 61.4 Å². The first-order valence-corrected chi connectivity index (χ1v) is 13.7. The second-order valence-electron chi connectivity index (χ2n) is 10.6. The van der Waals surface area contributed by atoms with Gasteiger partial charge >= 0.3 is 5.97 Å². The maximum absolute atomic E-state index is 15.4. The highest BCUT2D eigenvalue weighted by Crippen LogP contribution is 2.39. The number of ether oxygens (including phenoxy) is 5. The number of halogens is 1. The van der Waals surface area contributed by atoms with Crippen molar-refractivity contribution in [2.75, 3.05) is 26.9 Å². The van der Waals surface area contributed by atoms with Gasteiger partial charge in [-0.3, -0.25) is 4.79 Å². The average Bonchev–Trinajstić information content (AvgIpc) is 3.36. The monoisotopic (exact) mass is 566 g/mol. The summed E-state index contributed by atoms with van der Waals surface area (Å²) in [5.41, 5.74) is 4.86. The van der Waals surface area contributed by atoms with Gasteiger partial charge in [0.2, 0.25) is 0 Å². The van der Waals surface area contributed by atoms with Gasteiger partial charge in [0.25, 0.3) is 0 Å². The first-order chi connectivity index (χ1) is 19.7. The topological polar surface area (TPSA) is 104 Å². The number of carbonyl (C=O) groups excluding carboxylic acids is 1. The molecule has 2 heterocycles. The van der Waals surface area contributed by atoms with Gasteiger partial charge in [-0.15, -0.1) is 0 Å². The van der Waals surface area contributed by atoms with Crippen molar-refractivity contribution in [2.24, 2.45) is 0 Å². The third-order valence-electron chi connectivity index (χ3n) is 7.67. The quantitative estimate of drug-likeness (QED) is 0.362. The van der Waals surface area contributed by atoms with Crippen LogP contribution in [0.1, 0.15) is 41.0 Å². The first kappa shape index (κ1) is 28.9. The van der Waals surface area contributed by atoms with Crippen LogP contribution in [0.4, 0.5) is 4.39 Å². The Kier molecular flexibility index (Phi) is 8.77.